The van der Waals surface area contributed by atoms with Gasteiger partial charge in [0.15, 0.2) is 0 Å². The van der Waals surface area contributed by atoms with Crippen LogP contribution in [0.2, 0.25) is 0 Å². The molecule has 0 fully saturated rings. The third kappa shape index (κ3) is 4.10. The Morgan fingerprint density at radius 1 is 0.880 bits per heavy atom. The summed E-state index contributed by atoms with van der Waals surface area (Å²) in [7, 11) is 0. The summed E-state index contributed by atoms with van der Waals surface area (Å²) >= 11 is 3.45. The number of halogens is 4. The Labute approximate surface area is 152 Å². The van der Waals surface area contributed by atoms with E-state index in [1.165, 1.54) is 12.1 Å². The minimum absolute atomic E-state index is 0.645. The highest BCUT2D eigenvalue weighted by atomic mass is 79.9. The van der Waals surface area contributed by atoms with Crippen LogP contribution in [-0.2, 0) is 12.6 Å². The topological polar surface area (TPSA) is 12.9 Å². The quantitative estimate of drug-likeness (QED) is 0.468. The Kier molecular flexibility index (Phi) is 4.95. The number of nitrogens with zero attached hydrogens (tertiary/aromatic N) is 1. The standard InChI is InChI=1S/C20H15BrF3N/c1-2-18-11-15(13-6-8-16(9-7-13)20(22,23)24)12-19(25-18)14-4-3-5-17(21)10-14/h3-12H,2H2,1H3. The van der Waals surface area contributed by atoms with Crippen molar-refractivity contribution in [2.75, 3.05) is 0 Å². The normalized spacial score (nSPS) is 11.6. The molecule has 0 aliphatic rings. The van der Waals surface area contributed by atoms with Crippen molar-refractivity contribution < 1.29 is 13.2 Å². The molecule has 0 radical (unpaired) electrons. The van der Waals surface area contributed by atoms with E-state index in [0.29, 0.717) is 0 Å². The fourth-order valence-corrected chi connectivity index (χ4v) is 2.98. The fraction of sp³-hybridized carbons (Fsp3) is 0.150. The molecule has 2 aromatic carbocycles. The second kappa shape index (κ2) is 7.00. The average Bonchev–Trinajstić information content (AvgIpc) is 2.60. The lowest BCUT2D eigenvalue weighted by atomic mass is 10.0. The summed E-state index contributed by atoms with van der Waals surface area (Å²) in [6.45, 7) is 2.00. The molecule has 0 spiro atoms. The zero-order valence-electron chi connectivity index (χ0n) is 13.4. The molecule has 128 valence electrons. The van der Waals surface area contributed by atoms with Crippen LogP contribution in [0, 0.1) is 0 Å². The van der Waals surface area contributed by atoms with Gasteiger partial charge in [0, 0.05) is 15.7 Å². The number of alkyl halides is 3. The van der Waals surface area contributed by atoms with Gasteiger partial charge in [0.05, 0.1) is 11.3 Å². The molecule has 0 aliphatic heterocycles. The summed E-state index contributed by atoms with van der Waals surface area (Å²) in [4.78, 5) is 4.64. The van der Waals surface area contributed by atoms with Gasteiger partial charge in [0.1, 0.15) is 0 Å². The van der Waals surface area contributed by atoms with Crippen molar-refractivity contribution in [2.24, 2.45) is 0 Å². The Morgan fingerprint density at radius 3 is 2.20 bits per heavy atom. The van der Waals surface area contributed by atoms with Crippen LogP contribution in [0.3, 0.4) is 0 Å². The Morgan fingerprint density at radius 2 is 1.60 bits per heavy atom. The van der Waals surface area contributed by atoms with Gasteiger partial charge in [-0.3, -0.25) is 4.98 Å². The highest BCUT2D eigenvalue weighted by Crippen LogP contribution is 2.32. The van der Waals surface area contributed by atoms with Crippen molar-refractivity contribution in [3.8, 4) is 22.4 Å². The molecule has 0 unspecified atom stereocenters. The van der Waals surface area contributed by atoms with Crippen molar-refractivity contribution in [3.63, 3.8) is 0 Å². The molecule has 0 bridgehead atoms. The molecule has 1 nitrogen and oxygen atoms in total. The van der Waals surface area contributed by atoms with Crippen LogP contribution in [0.5, 0.6) is 0 Å². The zero-order chi connectivity index (χ0) is 18.0. The van der Waals surface area contributed by atoms with Crippen LogP contribution in [0.15, 0.2) is 65.1 Å². The van der Waals surface area contributed by atoms with Crippen LogP contribution in [-0.4, -0.2) is 4.98 Å². The molecular weight excluding hydrogens is 391 g/mol. The molecule has 0 aliphatic carbocycles. The molecule has 25 heavy (non-hydrogen) atoms. The number of hydrogen-bond donors (Lipinski definition) is 0. The number of hydrogen-bond acceptors (Lipinski definition) is 1. The monoisotopic (exact) mass is 405 g/mol. The van der Waals surface area contributed by atoms with Gasteiger partial charge in [-0.15, -0.1) is 0 Å². The van der Waals surface area contributed by atoms with Crippen molar-refractivity contribution in [1.82, 2.24) is 4.98 Å². The molecule has 0 N–H and O–H groups in total. The SMILES string of the molecule is CCc1cc(-c2ccc(C(F)(F)F)cc2)cc(-c2cccc(Br)c2)n1. The van der Waals surface area contributed by atoms with E-state index in [1.807, 2.05) is 43.3 Å². The summed E-state index contributed by atoms with van der Waals surface area (Å²) in [5, 5.41) is 0. The number of aromatic nitrogens is 1. The van der Waals surface area contributed by atoms with Gasteiger partial charge in [-0.1, -0.05) is 47.1 Å². The van der Waals surface area contributed by atoms with E-state index >= 15 is 0 Å². The second-order valence-electron chi connectivity index (χ2n) is 5.67. The largest absolute Gasteiger partial charge is 0.416 e. The maximum Gasteiger partial charge on any atom is 0.416 e. The van der Waals surface area contributed by atoms with Gasteiger partial charge in [-0.05, 0) is 53.9 Å². The lowest BCUT2D eigenvalue weighted by Gasteiger charge is -2.11. The van der Waals surface area contributed by atoms with Gasteiger partial charge in [0.25, 0.3) is 0 Å². The molecule has 0 saturated heterocycles. The fourth-order valence-electron chi connectivity index (χ4n) is 2.58. The molecular formula is C20H15BrF3N. The van der Waals surface area contributed by atoms with Crippen LogP contribution < -0.4 is 0 Å². The van der Waals surface area contributed by atoms with Crippen molar-refractivity contribution >= 4 is 15.9 Å². The van der Waals surface area contributed by atoms with Crippen LogP contribution >= 0.6 is 15.9 Å². The molecule has 1 aromatic heterocycles. The summed E-state index contributed by atoms with van der Waals surface area (Å²) in [6, 6.07) is 16.8. The van der Waals surface area contributed by atoms with E-state index in [0.717, 1.165) is 51.1 Å². The van der Waals surface area contributed by atoms with E-state index in [9.17, 15) is 13.2 Å². The van der Waals surface area contributed by atoms with Gasteiger partial charge in [-0.25, -0.2) is 0 Å². The molecule has 1 heterocycles. The minimum atomic E-state index is -4.33. The van der Waals surface area contributed by atoms with Crippen molar-refractivity contribution in [1.29, 1.82) is 0 Å². The number of rotatable bonds is 3. The molecule has 0 saturated carbocycles. The van der Waals surface area contributed by atoms with E-state index in [-0.39, 0.29) is 0 Å². The van der Waals surface area contributed by atoms with Crippen LogP contribution in [0.1, 0.15) is 18.2 Å². The maximum atomic E-state index is 12.7. The summed E-state index contributed by atoms with van der Waals surface area (Å²) < 4.78 is 39.2. The van der Waals surface area contributed by atoms with E-state index in [1.54, 1.807) is 0 Å². The third-order valence-corrected chi connectivity index (χ3v) is 4.40. The summed E-state index contributed by atoms with van der Waals surface area (Å²) in [5.74, 6) is 0. The van der Waals surface area contributed by atoms with E-state index in [4.69, 9.17) is 0 Å². The molecule has 5 heteroatoms. The smallest absolute Gasteiger partial charge is 0.253 e. The number of pyridine rings is 1. The molecule has 3 aromatic rings. The van der Waals surface area contributed by atoms with Crippen molar-refractivity contribution in [3.05, 3.63) is 76.4 Å². The lowest BCUT2D eigenvalue weighted by molar-refractivity contribution is -0.137. The van der Waals surface area contributed by atoms with Gasteiger partial charge < -0.3 is 0 Å². The summed E-state index contributed by atoms with van der Waals surface area (Å²) in [6.07, 6.45) is -3.58. The highest BCUT2D eigenvalue weighted by molar-refractivity contribution is 9.10. The first kappa shape index (κ1) is 17.7. The Balaban J connectivity index is 2.06. The number of benzene rings is 2. The third-order valence-electron chi connectivity index (χ3n) is 3.91. The average molecular weight is 406 g/mol. The lowest BCUT2D eigenvalue weighted by Crippen LogP contribution is -2.04. The predicted octanol–water partition coefficient (Wildman–Crippen LogP) is 6.76. The van der Waals surface area contributed by atoms with E-state index < -0.39 is 11.7 Å². The highest BCUT2D eigenvalue weighted by Gasteiger charge is 2.29. The van der Waals surface area contributed by atoms with Crippen LogP contribution in [0.4, 0.5) is 13.2 Å². The van der Waals surface area contributed by atoms with Gasteiger partial charge in [-0.2, -0.15) is 13.2 Å². The Hall–Kier alpha value is -2.14. The molecule has 0 atom stereocenters. The first-order chi connectivity index (χ1) is 11.9. The van der Waals surface area contributed by atoms with Crippen LogP contribution in [0.25, 0.3) is 22.4 Å². The van der Waals surface area contributed by atoms with Gasteiger partial charge in [0.2, 0.25) is 0 Å². The van der Waals surface area contributed by atoms with E-state index in [2.05, 4.69) is 20.9 Å². The minimum Gasteiger partial charge on any atom is -0.253 e. The predicted molar refractivity (Wildman–Crippen MR) is 97.2 cm³/mol. The zero-order valence-corrected chi connectivity index (χ0v) is 15.0. The molecule has 3 rings (SSSR count). The second-order valence-corrected chi connectivity index (χ2v) is 6.59. The maximum absolute atomic E-state index is 12.7. The summed E-state index contributed by atoms with van der Waals surface area (Å²) in [5.41, 5.74) is 3.60. The Bertz CT molecular complexity index is 886. The van der Waals surface area contributed by atoms with Crippen molar-refractivity contribution in [2.45, 2.75) is 19.5 Å². The first-order valence-electron chi connectivity index (χ1n) is 7.81. The number of aryl methyl sites for hydroxylation is 1. The molecule has 0 amide bonds. The first-order valence-corrected chi connectivity index (χ1v) is 8.60. The van der Waals surface area contributed by atoms with Gasteiger partial charge >= 0.3 is 6.18 Å².